The van der Waals surface area contributed by atoms with Crippen LogP contribution in [0.1, 0.15) is 30.0 Å². The molecule has 1 aliphatic rings. The third-order valence-electron chi connectivity index (χ3n) is 5.27. The van der Waals surface area contributed by atoms with E-state index in [0.29, 0.717) is 6.61 Å². The number of allylic oxidation sites excluding steroid dienone is 1. The molecule has 0 aromatic heterocycles. The fraction of sp³-hybridized carbons (Fsp3) is 0.231. The monoisotopic (exact) mass is 417 g/mol. The highest BCUT2D eigenvalue weighted by Crippen LogP contribution is 2.48. The molecule has 0 saturated carbocycles. The second-order valence-electron chi connectivity index (χ2n) is 7.66. The lowest BCUT2D eigenvalue weighted by Gasteiger charge is -2.17. The maximum absolute atomic E-state index is 9.80. The van der Waals surface area contributed by atoms with E-state index < -0.39 is 0 Å². The molecule has 0 atom stereocenters. The van der Waals surface area contributed by atoms with Gasteiger partial charge in [-0.15, -0.1) is 0 Å². The van der Waals surface area contributed by atoms with Gasteiger partial charge in [0.1, 0.15) is 18.1 Å². The van der Waals surface area contributed by atoms with Crippen molar-refractivity contribution in [1.82, 2.24) is 4.90 Å². The smallest absolute Gasteiger partial charge is 0.120 e. The van der Waals surface area contributed by atoms with Crippen molar-refractivity contribution < 1.29 is 9.84 Å². The lowest BCUT2D eigenvalue weighted by Crippen LogP contribution is -2.19. The number of phenolic OH excluding ortho intramolecular Hbond substituents is 1. The summed E-state index contributed by atoms with van der Waals surface area (Å²) in [7, 11) is 4.10. The average Bonchev–Trinajstić information content (AvgIpc) is 2.87. The van der Waals surface area contributed by atoms with Crippen LogP contribution in [0.15, 0.2) is 76.5 Å². The van der Waals surface area contributed by atoms with E-state index >= 15 is 0 Å². The molecule has 0 radical (unpaired) electrons. The zero-order valence-electron chi connectivity index (χ0n) is 17.7. The number of hydrogen-bond donors (Lipinski definition) is 1. The number of fused-ring (bicyclic) bond motifs is 2. The van der Waals surface area contributed by atoms with E-state index in [-0.39, 0.29) is 5.75 Å². The van der Waals surface area contributed by atoms with E-state index in [1.54, 1.807) is 23.9 Å². The van der Waals surface area contributed by atoms with Crippen LogP contribution in [0.2, 0.25) is 0 Å². The van der Waals surface area contributed by atoms with E-state index in [0.717, 1.165) is 24.3 Å². The molecule has 0 aliphatic carbocycles. The van der Waals surface area contributed by atoms with Crippen molar-refractivity contribution in [2.24, 2.45) is 0 Å². The summed E-state index contributed by atoms with van der Waals surface area (Å²) in [5.74, 6) is 1.18. The van der Waals surface area contributed by atoms with Crippen LogP contribution in [-0.4, -0.2) is 37.3 Å². The molecule has 0 unspecified atom stereocenters. The highest BCUT2D eigenvalue weighted by atomic mass is 32.2. The molecule has 1 heterocycles. The van der Waals surface area contributed by atoms with Crippen LogP contribution in [0.5, 0.6) is 11.5 Å². The summed E-state index contributed by atoms with van der Waals surface area (Å²) >= 11 is 1.80. The summed E-state index contributed by atoms with van der Waals surface area (Å²) in [6, 6.07) is 22.5. The number of nitrogens with zero attached hydrogens (tertiary/aromatic N) is 1. The molecule has 0 amide bonds. The minimum absolute atomic E-state index is 0.283. The SMILES string of the molecule is CCC1=C(c2ccc(O)cc2)c2ccc(OCCN(C)C)cc2Sc2ccccc21. The number of aromatic hydroxyl groups is 1. The predicted molar refractivity (Wildman–Crippen MR) is 125 cm³/mol. The number of likely N-dealkylation sites (N-methyl/N-ethyl adjacent to an activating group) is 1. The lowest BCUT2D eigenvalue weighted by atomic mass is 9.88. The van der Waals surface area contributed by atoms with Gasteiger partial charge in [0.15, 0.2) is 0 Å². The molecule has 3 aromatic rings. The van der Waals surface area contributed by atoms with Gasteiger partial charge in [0.05, 0.1) is 0 Å². The molecule has 1 aliphatic heterocycles. The normalized spacial score (nSPS) is 13.1. The Bertz CT molecular complexity index is 1070. The van der Waals surface area contributed by atoms with Gasteiger partial charge in [0.25, 0.3) is 0 Å². The molecule has 0 bridgehead atoms. The summed E-state index contributed by atoms with van der Waals surface area (Å²) < 4.78 is 6.02. The summed E-state index contributed by atoms with van der Waals surface area (Å²) in [6.07, 6.45) is 0.925. The Balaban J connectivity index is 1.86. The third-order valence-corrected chi connectivity index (χ3v) is 6.41. The Morgan fingerprint density at radius 1 is 0.900 bits per heavy atom. The van der Waals surface area contributed by atoms with E-state index in [1.165, 1.54) is 32.1 Å². The topological polar surface area (TPSA) is 32.7 Å². The zero-order valence-corrected chi connectivity index (χ0v) is 18.5. The fourth-order valence-corrected chi connectivity index (χ4v) is 4.92. The first-order chi connectivity index (χ1) is 14.6. The molecule has 0 fully saturated rings. The molecule has 4 rings (SSSR count). The van der Waals surface area contributed by atoms with Gasteiger partial charge in [-0.05, 0) is 84.8 Å². The van der Waals surface area contributed by atoms with E-state index in [9.17, 15) is 5.11 Å². The van der Waals surface area contributed by atoms with Gasteiger partial charge >= 0.3 is 0 Å². The van der Waals surface area contributed by atoms with Crippen molar-refractivity contribution in [2.75, 3.05) is 27.2 Å². The summed E-state index contributed by atoms with van der Waals surface area (Å²) in [4.78, 5) is 4.57. The Labute approximate surface area is 183 Å². The predicted octanol–water partition coefficient (Wildman–Crippen LogP) is 6.17. The zero-order chi connectivity index (χ0) is 21.1. The second kappa shape index (κ2) is 8.99. The van der Waals surface area contributed by atoms with E-state index in [2.05, 4.69) is 54.3 Å². The van der Waals surface area contributed by atoms with Crippen molar-refractivity contribution in [3.8, 4) is 11.5 Å². The number of rotatable bonds is 6. The van der Waals surface area contributed by atoms with Crippen molar-refractivity contribution >= 4 is 22.9 Å². The van der Waals surface area contributed by atoms with E-state index in [4.69, 9.17) is 4.74 Å². The van der Waals surface area contributed by atoms with Gasteiger partial charge in [0, 0.05) is 16.3 Å². The second-order valence-corrected chi connectivity index (χ2v) is 8.75. The van der Waals surface area contributed by atoms with Crippen LogP contribution in [0.4, 0.5) is 0 Å². The van der Waals surface area contributed by atoms with Crippen LogP contribution >= 0.6 is 11.8 Å². The fourth-order valence-electron chi connectivity index (χ4n) is 3.78. The molecular formula is C26H27NO2S. The van der Waals surface area contributed by atoms with Crippen LogP contribution < -0.4 is 4.74 Å². The van der Waals surface area contributed by atoms with Gasteiger partial charge in [-0.25, -0.2) is 0 Å². The maximum Gasteiger partial charge on any atom is 0.120 e. The van der Waals surface area contributed by atoms with Gasteiger partial charge in [-0.1, -0.05) is 49.0 Å². The molecule has 0 saturated heterocycles. The minimum atomic E-state index is 0.283. The molecule has 4 heteroatoms. The molecule has 30 heavy (non-hydrogen) atoms. The number of phenols is 1. The quantitative estimate of drug-likeness (QED) is 0.520. The Hall–Kier alpha value is -2.69. The van der Waals surface area contributed by atoms with Crippen LogP contribution in [-0.2, 0) is 0 Å². The van der Waals surface area contributed by atoms with Gasteiger partial charge in [-0.3, -0.25) is 0 Å². The molecule has 3 aromatic carbocycles. The molecule has 3 nitrogen and oxygen atoms in total. The largest absolute Gasteiger partial charge is 0.508 e. The van der Waals surface area contributed by atoms with Crippen molar-refractivity contribution in [2.45, 2.75) is 23.1 Å². The Morgan fingerprint density at radius 2 is 1.67 bits per heavy atom. The Kier molecular flexibility index (Phi) is 6.16. The number of hydrogen-bond acceptors (Lipinski definition) is 4. The van der Waals surface area contributed by atoms with Crippen LogP contribution in [0, 0.1) is 0 Å². The first-order valence-electron chi connectivity index (χ1n) is 10.3. The van der Waals surface area contributed by atoms with Crippen molar-refractivity contribution in [3.05, 3.63) is 83.4 Å². The summed E-state index contributed by atoms with van der Waals surface area (Å²) in [5.41, 5.74) is 6.15. The third kappa shape index (κ3) is 4.25. The van der Waals surface area contributed by atoms with E-state index in [1.807, 2.05) is 26.2 Å². The first kappa shape index (κ1) is 20.6. The summed E-state index contributed by atoms with van der Waals surface area (Å²) in [5, 5.41) is 9.80. The molecule has 0 spiro atoms. The van der Waals surface area contributed by atoms with Gasteiger partial charge in [0.2, 0.25) is 0 Å². The van der Waals surface area contributed by atoms with Gasteiger partial charge in [-0.2, -0.15) is 0 Å². The highest BCUT2D eigenvalue weighted by Gasteiger charge is 2.23. The van der Waals surface area contributed by atoms with Crippen molar-refractivity contribution in [1.29, 1.82) is 0 Å². The first-order valence-corrected chi connectivity index (χ1v) is 11.1. The molecular weight excluding hydrogens is 390 g/mol. The average molecular weight is 418 g/mol. The van der Waals surface area contributed by atoms with Crippen molar-refractivity contribution in [3.63, 3.8) is 0 Å². The highest BCUT2D eigenvalue weighted by molar-refractivity contribution is 7.99. The standard InChI is InChI=1S/C26H27NO2S/c1-4-21-22-7-5-6-8-24(22)30-25-17-20(29-16-15-27(2)3)13-14-23(25)26(21)18-9-11-19(28)12-10-18/h5-14,17,28H,4,15-16H2,1-3H3. The lowest BCUT2D eigenvalue weighted by molar-refractivity contribution is 0.261. The minimum Gasteiger partial charge on any atom is -0.508 e. The number of ether oxygens (including phenoxy) is 1. The Morgan fingerprint density at radius 3 is 2.40 bits per heavy atom. The van der Waals surface area contributed by atoms with Gasteiger partial charge < -0.3 is 14.7 Å². The number of benzene rings is 3. The van der Waals surface area contributed by atoms with Crippen LogP contribution in [0.25, 0.3) is 11.1 Å². The molecule has 154 valence electrons. The van der Waals surface area contributed by atoms with Crippen LogP contribution in [0.3, 0.4) is 0 Å². The summed E-state index contributed by atoms with van der Waals surface area (Å²) in [6.45, 7) is 3.75. The molecule has 1 N–H and O–H groups in total. The maximum atomic E-state index is 9.80.